The number of guanidine groups is 5. The second-order valence-corrected chi connectivity index (χ2v) is 34.3. The molecule has 2 aliphatic heterocycles. The van der Waals surface area contributed by atoms with Crippen molar-refractivity contribution in [2.24, 2.45) is 25.0 Å². The molecule has 15 rings (SSSR count). The molecule has 2 heterocycles. The number of fused-ring (bicyclic) bond motifs is 1. The van der Waals surface area contributed by atoms with Crippen LogP contribution in [0.25, 0.3) is 10.8 Å². The highest BCUT2D eigenvalue weighted by Crippen LogP contribution is 2.44. The standard InChI is InChI=1S/C26H29N3O.C20H31N6.C19H35N3.C19H17N3.C17H31N3O/c1-28-24(21-14-8-4-9-15-21)25(22-16-10-5-11-17-22)29(2)26(28)27-23(19-30)18-20-12-6-3-7-13-20;1-22(2)20(23(3)4)21-18-14-10-12-16-11-9-13-17(19(16)18)15-26(24(5)6)25(7)8;2*1-4-10-16(11-5-1)20-19(21-17-12-6-2-7-13-17)22-18-14-8-3-9-15-18;1-3-7-15(8-4-1)18-17(20-11-13-21-14-12-20)19-16-9-5-2-6-10-16/h3-17,23-25,30H,18-19H2,1-2H3;9-15H,1-8H3;16-18H,1-15H2,(H2,20,21,22);1-15H,(H2,20,21,22);15-16H,1-14H2,(H,18,19)/q;+1;;;. The number of hydrazine groups is 2. The average molecular weight is 1640 g/mol. The SMILES string of the molecule is C1CCC(N=C(NC2CCCCC2)N2CCOCC2)CC1.C1CCC(N=C(NC2CCCCC2)NC2CCCCC2)CC1.CN(C)C(=Nc1cccc2cccc(C=[N+](N(C)C)N(C)C)c12)N(C)C.CN1C(=NC(CO)Cc2ccccc2)N(C)C(c2ccccc2)C1c1ccccc1.c1ccc(N=C(Nc2ccccc2)Nc2ccccc2)cc1. The van der Waals surface area contributed by atoms with Crippen molar-refractivity contribution >= 4 is 69.5 Å². The van der Waals surface area contributed by atoms with Crippen LogP contribution in [0.5, 0.6) is 0 Å². The molecule has 648 valence electrons. The van der Waals surface area contributed by atoms with Crippen LogP contribution in [0.15, 0.2) is 243 Å². The Morgan fingerprint density at radius 2 is 0.868 bits per heavy atom. The van der Waals surface area contributed by atoms with Gasteiger partial charge in [-0.25, -0.2) is 25.0 Å². The minimum Gasteiger partial charge on any atom is -0.394 e. The summed E-state index contributed by atoms with van der Waals surface area (Å²) in [5.74, 6) is 4.82. The highest BCUT2D eigenvalue weighted by Gasteiger charge is 2.42. The van der Waals surface area contributed by atoms with Crippen LogP contribution in [0, 0.1) is 0 Å². The van der Waals surface area contributed by atoms with Crippen LogP contribution >= 0.6 is 0 Å². The van der Waals surface area contributed by atoms with Gasteiger partial charge in [0.15, 0.2) is 17.9 Å². The molecular weight excluding hydrogens is 1500 g/mol. The van der Waals surface area contributed by atoms with Gasteiger partial charge in [-0.2, -0.15) is 10.0 Å². The Bertz CT molecular complexity index is 4230. The van der Waals surface area contributed by atoms with E-state index in [0.717, 1.165) is 77.9 Å². The number of para-hydroxylation sites is 3. The second-order valence-electron chi connectivity index (χ2n) is 34.3. The average Bonchev–Trinajstić information content (AvgIpc) is 1.62. The Kier molecular flexibility index (Phi) is 37.3. The van der Waals surface area contributed by atoms with Gasteiger partial charge in [-0.3, -0.25) is 0 Å². The number of hydrogen-bond acceptors (Lipinski definition) is 9. The largest absolute Gasteiger partial charge is 0.394 e. The highest BCUT2D eigenvalue weighted by molar-refractivity contribution is 6.06. The molecule has 3 atom stereocenters. The van der Waals surface area contributed by atoms with E-state index in [1.54, 1.807) is 0 Å². The summed E-state index contributed by atoms with van der Waals surface area (Å²) in [6.07, 6.45) is 36.7. The van der Waals surface area contributed by atoms with Crippen LogP contribution in [0.2, 0.25) is 0 Å². The van der Waals surface area contributed by atoms with Crippen molar-refractivity contribution < 1.29 is 14.6 Å². The van der Waals surface area contributed by atoms with Crippen molar-refractivity contribution in [2.75, 3.05) is 114 Å². The third-order valence-electron chi connectivity index (χ3n) is 23.9. The van der Waals surface area contributed by atoms with Gasteiger partial charge in [-0.15, -0.1) is 0 Å². The van der Waals surface area contributed by atoms with Gasteiger partial charge in [0.1, 0.15) is 0 Å². The molecule has 6 N–H and O–H groups in total. The molecule has 7 fully saturated rings. The smallest absolute Gasteiger partial charge is 0.235 e. The van der Waals surface area contributed by atoms with Crippen molar-refractivity contribution in [1.29, 1.82) is 0 Å². The number of benzene rings is 8. The summed E-state index contributed by atoms with van der Waals surface area (Å²) >= 11 is 0. The molecule has 20 heteroatoms. The summed E-state index contributed by atoms with van der Waals surface area (Å²) in [7, 11) is 20.3. The van der Waals surface area contributed by atoms with Gasteiger partial charge < -0.3 is 60.9 Å². The molecule has 20 nitrogen and oxygen atoms in total. The third-order valence-corrected chi connectivity index (χ3v) is 23.9. The Balaban J connectivity index is 0.000000149. The molecule has 0 bridgehead atoms. The Morgan fingerprint density at radius 1 is 0.455 bits per heavy atom. The first-order valence-electron chi connectivity index (χ1n) is 45.4. The third kappa shape index (κ3) is 29.4. The van der Waals surface area contributed by atoms with Crippen molar-refractivity contribution in [3.05, 3.63) is 241 Å². The highest BCUT2D eigenvalue weighted by atomic mass is 16.5. The van der Waals surface area contributed by atoms with Crippen molar-refractivity contribution in [2.45, 2.75) is 215 Å². The van der Waals surface area contributed by atoms with E-state index in [4.69, 9.17) is 24.7 Å². The Labute approximate surface area is 725 Å². The number of nitrogens with one attached hydrogen (secondary N) is 5. The summed E-state index contributed by atoms with van der Waals surface area (Å²) in [6.45, 7) is 3.69. The van der Waals surface area contributed by atoms with Gasteiger partial charge >= 0.3 is 0 Å². The number of hydrazone groups is 2. The molecule has 0 radical (unpaired) electrons. The van der Waals surface area contributed by atoms with E-state index in [2.05, 4.69) is 181 Å². The van der Waals surface area contributed by atoms with Crippen LogP contribution in [-0.2, 0) is 11.2 Å². The van der Waals surface area contributed by atoms with E-state index >= 15 is 0 Å². The van der Waals surface area contributed by atoms with E-state index < -0.39 is 0 Å². The number of ether oxygens (including phenoxy) is 1. The van der Waals surface area contributed by atoms with Crippen LogP contribution in [0.3, 0.4) is 0 Å². The van der Waals surface area contributed by atoms with Gasteiger partial charge in [-0.1, -0.05) is 266 Å². The van der Waals surface area contributed by atoms with Crippen LogP contribution in [0.4, 0.5) is 22.7 Å². The Morgan fingerprint density at radius 3 is 1.31 bits per heavy atom. The molecule has 8 aromatic carbocycles. The molecule has 5 saturated carbocycles. The lowest BCUT2D eigenvalue weighted by Gasteiger charge is -2.34. The van der Waals surface area contributed by atoms with Gasteiger partial charge in [0, 0.05) is 90.3 Å². The first-order valence-corrected chi connectivity index (χ1v) is 45.4. The molecule has 3 unspecified atom stereocenters. The van der Waals surface area contributed by atoms with E-state index in [1.807, 2.05) is 185 Å². The van der Waals surface area contributed by atoms with Crippen LogP contribution in [-0.4, -0.2) is 220 Å². The summed E-state index contributed by atoms with van der Waals surface area (Å²) in [5, 5.41) is 34.4. The summed E-state index contributed by atoms with van der Waals surface area (Å²) < 4.78 is 5.51. The lowest BCUT2D eigenvalue weighted by molar-refractivity contribution is -0.795. The van der Waals surface area contributed by atoms with Crippen LogP contribution in [0.1, 0.15) is 195 Å². The van der Waals surface area contributed by atoms with Crippen molar-refractivity contribution in [3.8, 4) is 0 Å². The van der Waals surface area contributed by atoms with E-state index in [0.29, 0.717) is 42.6 Å². The maximum absolute atomic E-state index is 10.0. The number of rotatable bonds is 18. The quantitative estimate of drug-likeness (QED) is 0.0207. The molecule has 0 spiro atoms. The van der Waals surface area contributed by atoms with E-state index in [-0.39, 0.29) is 24.7 Å². The monoisotopic (exact) mass is 1640 g/mol. The molecule has 0 amide bonds. The zero-order valence-electron chi connectivity index (χ0n) is 74.6. The number of hydrogen-bond donors (Lipinski definition) is 6. The number of likely N-dealkylation sites (N-methyl/N-ethyl adjacent to an activating group) is 2. The van der Waals surface area contributed by atoms with Crippen molar-refractivity contribution in [1.82, 2.24) is 50.5 Å². The topological polar surface area (TPSA) is 177 Å². The summed E-state index contributed by atoms with van der Waals surface area (Å²) in [6, 6.07) is 77.1. The number of morpholine rings is 1. The molecular formula is C101H143N18O2+. The second kappa shape index (κ2) is 49.5. The fraction of sp³-hybridized carbons (Fsp3) is 0.485. The number of anilines is 2. The van der Waals surface area contributed by atoms with Gasteiger partial charge in [0.2, 0.25) is 18.1 Å². The lowest BCUT2D eigenvalue weighted by Crippen LogP contribution is -2.51. The summed E-state index contributed by atoms with van der Waals surface area (Å²) in [5.41, 5.74) is 8.66. The Hall–Kier alpha value is -10.4. The minimum absolute atomic E-state index is 0.0199. The fourth-order valence-corrected chi connectivity index (χ4v) is 17.6. The van der Waals surface area contributed by atoms with E-state index in [1.165, 1.54) is 189 Å². The van der Waals surface area contributed by atoms with E-state index in [9.17, 15) is 5.11 Å². The number of aliphatic hydroxyl groups excluding tert-OH is 1. The van der Waals surface area contributed by atoms with Gasteiger partial charge in [0.05, 0.1) is 95.2 Å². The van der Waals surface area contributed by atoms with Gasteiger partial charge in [0.25, 0.3) is 0 Å². The first kappa shape index (κ1) is 91.3. The predicted octanol–water partition coefficient (Wildman–Crippen LogP) is 19.0. The molecule has 2 saturated heterocycles. The number of aliphatic hydroxyl groups is 1. The molecule has 121 heavy (non-hydrogen) atoms. The predicted molar refractivity (Wildman–Crippen MR) is 508 cm³/mol. The zero-order valence-corrected chi connectivity index (χ0v) is 74.6. The number of nitrogens with zero attached hydrogens (tertiary/aromatic N) is 13. The molecule has 8 aromatic rings. The number of aliphatic imine (C=N–C) groups is 5. The maximum Gasteiger partial charge on any atom is 0.235 e. The molecule has 5 aliphatic carbocycles. The van der Waals surface area contributed by atoms with Crippen LogP contribution < -0.4 is 26.6 Å². The minimum atomic E-state index is -0.182. The van der Waals surface area contributed by atoms with Crippen molar-refractivity contribution in [3.63, 3.8) is 0 Å². The normalized spacial score (nSPS) is 18.2. The van der Waals surface area contributed by atoms with Gasteiger partial charge in [-0.05, 0) is 146 Å². The lowest BCUT2D eigenvalue weighted by atomic mass is 9.93. The summed E-state index contributed by atoms with van der Waals surface area (Å²) in [4.78, 5) is 37.9. The maximum atomic E-state index is 10.0. The fourth-order valence-electron chi connectivity index (χ4n) is 17.6. The zero-order chi connectivity index (χ0) is 84.8. The first-order chi connectivity index (χ1) is 59.1. The molecule has 7 aliphatic rings. The molecule has 0 aromatic heterocycles.